The van der Waals surface area contributed by atoms with Crippen molar-refractivity contribution in [2.45, 2.75) is 56.9 Å². The van der Waals surface area contributed by atoms with Crippen molar-refractivity contribution in [1.29, 1.82) is 0 Å². The summed E-state index contributed by atoms with van der Waals surface area (Å²) in [5, 5.41) is 0. The number of sulfonamides is 1. The van der Waals surface area contributed by atoms with E-state index in [1.54, 1.807) is 20.2 Å². The zero-order valence-electron chi connectivity index (χ0n) is 13.6. The molecule has 0 aromatic carbocycles. The van der Waals surface area contributed by atoms with E-state index < -0.39 is 15.6 Å². The smallest absolute Gasteiger partial charge is 0.267 e. The first-order valence-electron chi connectivity index (χ1n) is 7.80. The summed E-state index contributed by atoms with van der Waals surface area (Å²) in [6.45, 7) is 3.47. The Hall–Kier alpha value is -1.25. The van der Waals surface area contributed by atoms with Gasteiger partial charge in [-0.25, -0.2) is 13.4 Å². The van der Waals surface area contributed by atoms with Crippen LogP contribution in [0.3, 0.4) is 0 Å². The second-order valence-corrected chi connectivity index (χ2v) is 9.29. The Morgan fingerprint density at radius 1 is 1.26 bits per heavy atom. The molecule has 0 aliphatic heterocycles. The summed E-state index contributed by atoms with van der Waals surface area (Å²) in [5.41, 5.74) is -0.223. The predicted octanol–water partition coefficient (Wildman–Crippen LogP) is 2.33. The van der Waals surface area contributed by atoms with Gasteiger partial charge in [0.2, 0.25) is 10.0 Å². The summed E-state index contributed by atoms with van der Waals surface area (Å²) in [6.07, 6.45) is 6.56. The molecule has 2 heterocycles. The Labute approximate surface area is 139 Å². The third kappa shape index (κ3) is 2.83. The SMILES string of the molecule is Cc1cn2c(=O)c(S(=O)(=O)N(C)C3CCCCC3)c(C)nc2s1. The van der Waals surface area contributed by atoms with Gasteiger partial charge in [-0.15, -0.1) is 11.3 Å². The number of aromatic nitrogens is 2. The van der Waals surface area contributed by atoms with Gasteiger partial charge in [0.15, 0.2) is 9.86 Å². The molecule has 0 radical (unpaired) electrons. The molecule has 0 unspecified atom stereocenters. The Kier molecular flexibility index (Phi) is 4.33. The van der Waals surface area contributed by atoms with Crippen LogP contribution in [0.5, 0.6) is 0 Å². The number of fused-ring (bicyclic) bond motifs is 1. The van der Waals surface area contributed by atoms with Crippen molar-refractivity contribution in [2.75, 3.05) is 7.05 Å². The van der Waals surface area contributed by atoms with Gasteiger partial charge in [0.25, 0.3) is 5.56 Å². The monoisotopic (exact) mass is 355 g/mol. The van der Waals surface area contributed by atoms with Gasteiger partial charge in [-0.1, -0.05) is 19.3 Å². The minimum Gasteiger partial charge on any atom is -0.267 e. The van der Waals surface area contributed by atoms with Crippen LogP contribution in [-0.2, 0) is 10.0 Å². The van der Waals surface area contributed by atoms with Gasteiger partial charge in [0.1, 0.15) is 0 Å². The van der Waals surface area contributed by atoms with Crippen LogP contribution >= 0.6 is 11.3 Å². The maximum atomic E-state index is 13.0. The highest BCUT2D eigenvalue weighted by Crippen LogP contribution is 2.26. The van der Waals surface area contributed by atoms with E-state index in [1.165, 1.54) is 20.0 Å². The molecule has 0 amide bonds. The molecule has 1 aliphatic rings. The zero-order chi connectivity index (χ0) is 16.8. The lowest BCUT2D eigenvalue weighted by Gasteiger charge is -2.30. The lowest BCUT2D eigenvalue weighted by atomic mass is 9.96. The van der Waals surface area contributed by atoms with Crippen LogP contribution in [0.2, 0.25) is 0 Å². The average molecular weight is 355 g/mol. The van der Waals surface area contributed by atoms with Gasteiger partial charge in [-0.05, 0) is 26.7 Å². The van der Waals surface area contributed by atoms with Crippen molar-refractivity contribution in [3.05, 3.63) is 27.1 Å². The van der Waals surface area contributed by atoms with Crippen molar-refractivity contribution >= 4 is 26.3 Å². The molecule has 0 spiro atoms. The minimum atomic E-state index is -3.84. The first-order chi connectivity index (χ1) is 10.8. The molecule has 2 aromatic rings. The van der Waals surface area contributed by atoms with E-state index in [4.69, 9.17) is 0 Å². The van der Waals surface area contributed by atoms with Crippen molar-refractivity contribution in [3.63, 3.8) is 0 Å². The van der Waals surface area contributed by atoms with Crippen LogP contribution in [0, 0.1) is 13.8 Å². The van der Waals surface area contributed by atoms with Gasteiger partial charge in [-0.2, -0.15) is 4.31 Å². The van der Waals surface area contributed by atoms with Crippen LogP contribution in [0.25, 0.3) is 4.96 Å². The summed E-state index contributed by atoms with van der Waals surface area (Å²) in [7, 11) is -2.26. The first-order valence-corrected chi connectivity index (χ1v) is 10.1. The fourth-order valence-electron chi connectivity index (χ4n) is 3.22. The molecule has 23 heavy (non-hydrogen) atoms. The number of nitrogens with zero attached hydrogens (tertiary/aromatic N) is 3. The van der Waals surface area contributed by atoms with E-state index in [-0.39, 0.29) is 16.6 Å². The van der Waals surface area contributed by atoms with Crippen LogP contribution < -0.4 is 5.56 Å². The van der Waals surface area contributed by atoms with Crippen LogP contribution in [0.1, 0.15) is 42.7 Å². The number of rotatable bonds is 3. The number of thiazole rings is 1. The molecule has 0 atom stereocenters. The van der Waals surface area contributed by atoms with E-state index in [2.05, 4.69) is 4.98 Å². The largest absolute Gasteiger partial charge is 0.279 e. The summed E-state index contributed by atoms with van der Waals surface area (Å²) in [6, 6.07) is -0.0301. The second kappa shape index (κ2) is 5.99. The van der Waals surface area contributed by atoms with Gasteiger partial charge in [-0.3, -0.25) is 9.20 Å². The molecule has 3 rings (SSSR count). The fraction of sp³-hybridized carbons (Fsp3) is 0.600. The summed E-state index contributed by atoms with van der Waals surface area (Å²) < 4.78 is 28.7. The lowest BCUT2D eigenvalue weighted by molar-refractivity contribution is 0.285. The predicted molar refractivity (Wildman–Crippen MR) is 90.6 cm³/mol. The Morgan fingerprint density at radius 2 is 1.91 bits per heavy atom. The van der Waals surface area contributed by atoms with E-state index >= 15 is 0 Å². The standard InChI is InChI=1S/C15H21N3O3S2/c1-10-9-18-14(19)13(11(2)16-15(18)22-10)23(20,21)17(3)12-7-5-4-6-8-12/h9,12H,4-8H2,1-3H3. The molecule has 8 heteroatoms. The van der Waals surface area contributed by atoms with Crippen LogP contribution in [0.4, 0.5) is 0 Å². The molecule has 1 fully saturated rings. The van der Waals surface area contributed by atoms with Crippen LogP contribution in [-0.4, -0.2) is 35.2 Å². The molecule has 0 bridgehead atoms. The van der Waals surface area contributed by atoms with E-state index in [0.717, 1.165) is 37.0 Å². The molecule has 1 saturated carbocycles. The molecule has 0 saturated heterocycles. The lowest BCUT2D eigenvalue weighted by Crippen LogP contribution is -2.41. The molecule has 126 valence electrons. The summed E-state index contributed by atoms with van der Waals surface area (Å²) >= 11 is 1.38. The van der Waals surface area contributed by atoms with Crippen molar-refractivity contribution in [2.24, 2.45) is 0 Å². The maximum absolute atomic E-state index is 13.0. The van der Waals surface area contributed by atoms with Gasteiger partial charge >= 0.3 is 0 Å². The van der Waals surface area contributed by atoms with Crippen molar-refractivity contribution < 1.29 is 8.42 Å². The average Bonchev–Trinajstić information content (AvgIpc) is 2.87. The van der Waals surface area contributed by atoms with E-state index in [1.807, 2.05) is 6.92 Å². The second-order valence-electron chi connectivity index (χ2n) is 6.14. The molecule has 2 aromatic heterocycles. The van der Waals surface area contributed by atoms with Gasteiger partial charge < -0.3 is 0 Å². The molecule has 0 N–H and O–H groups in total. The molecule has 6 nitrogen and oxygen atoms in total. The minimum absolute atomic E-state index is 0.0301. The topological polar surface area (TPSA) is 71.8 Å². The van der Waals surface area contributed by atoms with Crippen molar-refractivity contribution in [1.82, 2.24) is 13.7 Å². The zero-order valence-corrected chi connectivity index (χ0v) is 15.2. The number of hydrogen-bond acceptors (Lipinski definition) is 5. The Bertz CT molecular complexity index is 893. The van der Waals surface area contributed by atoms with Gasteiger partial charge in [0.05, 0.1) is 5.69 Å². The third-order valence-electron chi connectivity index (χ3n) is 4.50. The van der Waals surface area contributed by atoms with E-state index in [0.29, 0.717) is 4.96 Å². The van der Waals surface area contributed by atoms with Crippen molar-refractivity contribution in [3.8, 4) is 0 Å². The van der Waals surface area contributed by atoms with Gasteiger partial charge in [0, 0.05) is 24.2 Å². The third-order valence-corrected chi connectivity index (χ3v) is 7.44. The molecular weight excluding hydrogens is 334 g/mol. The highest BCUT2D eigenvalue weighted by molar-refractivity contribution is 7.89. The molecular formula is C15H21N3O3S2. The first kappa shape index (κ1) is 16.6. The summed E-state index contributed by atoms with van der Waals surface area (Å²) in [4.78, 5) is 18.3. The summed E-state index contributed by atoms with van der Waals surface area (Å²) in [5.74, 6) is 0. The quantitative estimate of drug-likeness (QED) is 0.847. The fourth-order valence-corrected chi connectivity index (χ4v) is 5.71. The normalized spacial score (nSPS) is 17.2. The Morgan fingerprint density at radius 3 is 2.57 bits per heavy atom. The van der Waals surface area contributed by atoms with Crippen LogP contribution in [0.15, 0.2) is 15.9 Å². The highest BCUT2D eigenvalue weighted by atomic mass is 32.2. The number of aryl methyl sites for hydroxylation is 2. The van der Waals surface area contributed by atoms with E-state index in [9.17, 15) is 13.2 Å². The number of hydrogen-bond donors (Lipinski definition) is 0. The maximum Gasteiger partial charge on any atom is 0.279 e. The highest BCUT2D eigenvalue weighted by Gasteiger charge is 2.33. The molecule has 1 aliphatic carbocycles. The Balaban J connectivity index is 2.12.